The lowest BCUT2D eigenvalue weighted by Crippen LogP contribution is -2.14. The fraction of sp³-hybridized carbons (Fsp3) is 0.0588. The number of aromatic nitrogens is 2. The third-order valence-corrected chi connectivity index (χ3v) is 5.60. The molecule has 1 aromatic heterocycles. The molecule has 3 aromatic rings. The Balaban J connectivity index is 1.67. The summed E-state index contributed by atoms with van der Waals surface area (Å²) in [5.41, 5.74) is 1.22. The second-order valence-electron chi connectivity index (χ2n) is 4.92. The molecule has 0 fully saturated rings. The van der Waals surface area contributed by atoms with Gasteiger partial charge >= 0.3 is 0 Å². The fourth-order valence-electron chi connectivity index (χ4n) is 1.99. The van der Waals surface area contributed by atoms with Crippen molar-refractivity contribution >= 4 is 27.7 Å². The van der Waals surface area contributed by atoms with E-state index in [9.17, 15) is 8.42 Å². The number of thioether (sulfide) groups is 1. The van der Waals surface area contributed by atoms with Gasteiger partial charge < -0.3 is 0 Å². The van der Waals surface area contributed by atoms with Crippen LogP contribution in [0.15, 0.2) is 82.8 Å². The summed E-state index contributed by atoms with van der Waals surface area (Å²) in [7, 11) is -3.68. The van der Waals surface area contributed by atoms with Gasteiger partial charge in [-0.05, 0) is 35.9 Å². The maximum atomic E-state index is 12.3. The number of sulfonamides is 1. The summed E-state index contributed by atoms with van der Waals surface area (Å²) in [4.78, 5) is 8.92. The van der Waals surface area contributed by atoms with Crippen LogP contribution in [0.3, 0.4) is 0 Å². The summed E-state index contributed by atoms with van der Waals surface area (Å²) >= 11 is 1.66. The van der Waals surface area contributed by atoms with Crippen molar-refractivity contribution in [2.75, 3.05) is 4.72 Å². The highest BCUT2D eigenvalue weighted by atomic mass is 32.2. The number of rotatable bonds is 6. The zero-order valence-corrected chi connectivity index (χ0v) is 14.3. The minimum Gasteiger partial charge on any atom is -0.247 e. The maximum absolute atomic E-state index is 12.3. The minimum atomic E-state index is -3.68. The molecular formula is C17H15N3O2S2. The Labute approximate surface area is 145 Å². The van der Waals surface area contributed by atoms with Crippen molar-refractivity contribution in [1.29, 1.82) is 0 Å². The Morgan fingerprint density at radius 2 is 1.54 bits per heavy atom. The Bertz CT molecular complexity index is 884. The number of anilines is 1. The van der Waals surface area contributed by atoms with Gasteiger partial charge in [0, 0.05) is 23.0 Å². The van der Waals surface area contributed by atoms with Gasteiger partial charge in [-0.3, -0.25) is 0 Å². The van der Waals surface area contributed by atoms with Gasteiger partial charge in [0.2, 0.25) is 5.95 Å². The summed E-state index contributed by atoms with van der Waals surface area (Å²) in [5.74, 6) is 0.892. The lowest BCUT2D eigenvalue weighted by Gasteiger charge is -2.07. The molecule has 0 saturated carbocycles. The fourth-order valence-corrected chi connectivity index (χ4v) is 3.80. The quantitative estimate of drug-likeness (QED) is 0.683. The van der Waals surface area contributed by atoms with E-state index in [1.54, 1.807) is 42.1 Å². The average molecular weight is 357 g/mol. The predicted octanol–water partition coefficient (Wildman–Crippen LogP) is 3.57. The highest BCUT2D eigenvalue weighted by Gasteiger charge is 2.15. The standard InChI is InChI=1S/C17H15N3O2S2/c21-24(22,20-17-18-11-4-12-19-17)16-9-7-15(8-10-16)23-13-14-5-2-1-3-6-14/h1-12H,13H2,(H,18,19,20). The van der Waals surface area contributed by atoms with E-state index >= 15 is 0 Å². The van der Waals surface area contributed by atoms with E-state index in [0.717, 1.165) is 10.6 Å². The van der Waals surface area contributed by atoms with Crippen LogP contribution in [0.25, 0.3) is 0 Å². The van der Waals surface area contributed by atoms with E-state index in [0.29, 0.717) is 0 Å². The number of nitrogens with one attached hydrogen (secondary N) is 1. The molecule has 7 heteroatoms. The highest BCUT2D eigenvalue weighted by molar-refractivity contribution is 7.98. The smallest absolute Gasteiger partial charge is 0.247 e. The summed E-state index contributed by atoms with van der Waals surface area (Å²) < 4.78 is 26.9. The van der Waals surface area contributed by atoms with Gasteiger partial charge in [-0.1, -0.05) is 30.3 Å². The third-order valence-electron chi connectivity index (χ3n) is 3.17. The van der Waals surface area contributed by atoms with E-state index in [2.05, 4.69) is 26.8 Å². The molecule has 0 radical (unpaired) electrons. The second-order valence-corrected chi connectivity index (χ2v) is 7.65. The first kappa shape index (κ1) is 16.5. The summed E-state index contributed by atoms with van der Waals surface area (Å²) in [6, 6.07) is 18.5. The largest absolute Gasteiger partial charge is 0.264 e. The summed E-state index contributed by atoms with van der Waals surface area (Å²) in [5, 5.41) is 0. The highest BCUT2D eigenvalue weighted by Crippen LogP contribution is 2.24. The van der Waals surface area contributed by atoms with Crippen LogP contribution >= 0.6 is 11.8 Å². The van der Waals surface area contributed by atoms with Gasteiger partial charge in [-0.15, -0.1) is 11.8 Å². The first-order chi connectivity index (χ1) is 11.6. The molecule has 0 amide bonds. The Morgan fingerprint density at radius 3 is 2.21 bits per heavy atom. The monoisotopic (exact) mass is 357 g/mol. The van der Waals surface area contributed by atoms with Crippen molar-refractivity contribution in [3.05, 3.63) is 78.6 Å². The molecule has 1 N–H and O–H groups in total. The van der Waals surface area contributed by atoms with Crippen molar-refractivity contribution in [3.63, 3.8) is 0 Å². The second kappa shape index (κ2) is 7.46. The normalized spacial score (nSPS) is 11.2. The maximum Gasteiger partial charge on any atom is 0.264 e. The topological polar surface area (TPSA) is 72.0 Å². The lowest BCUT2D eigenvalue weighted by atomic mass is 10.2. The molecule has 0 spiro atoms. The molecule has 1 heterocycles. The van der Waals surface area contributed by atoms with Crippen LogP contribution in [-0.4, -0.2) is 18.4 Å². The summed E-state index contributed by atoms with van der Waals surface area (Å²) in [6.45, 7) is 0. The van der Waals surface area contributed by atoms with E-state index < -0.39 is 10.0 Å². The molecule has 0 atom stereocenters. The molecule has 24 heavy (non-hydrogen) atoms. The van der Waals surface area contributed by atoms with Crippen molar-refractivity contribution in [2.24, 2.45) is 0 Å². The van der Waals surface area contributed by atoms with Gasteiger partial charge in [0.1, 0.15) is 0 Å². The third kappa shape index (κ3) is 4.33. The van der Waals surface area contributed by atoms with Crippen LogP contribution in [0.1, 0.15) is 5.56 Å². The summed E-state index contributed by atoms with van der Waals surface area (Å²) in [6.07, 6.45) is 2.96. The van der Waals surface area contributed by atoms with Crippen LogP contribution < -0.4 is 4.72 Å². The molecule has 3 rings (SSSR count). The van der Waals surface area contributed by atoms with Crippen molar-refractivity contribution in [3.8, 4) is 0 Å². The van der Waals surface area contributed by atoms with Crippen molar-refractivity contribution < 1.29 is 8.42 Å². The van der Waals surface area contributed by atoms with Gasteiger partial charge in [0.15, 0.2) is 0 Å². The molecule has 5 nitrogen and oxygen atoms in total. The van der Waals surface area contributed by atoms with Gasteiger partial charge in [0.05, 0.1) is 4.90 Å². The molecule has 0 aliphatic heterocycles. The molecular weight excluding hydrogens is 342 g/mol. The Hall–Kier alpha value is -2.38. The Morgan fingerprint density at radius 1 is 0.875 bits per heavy atom. The Kier molecular flexibility index (Phi) is 5.12. The molecule has 122 valence electrons. The van der Waals surface area contributed by atoms with E-state index in [1.807, 2.05) is 18.2 Å². The number of benzene rings is 2. The van der Waals surface area contributed by atoms with E-state index in [-0.39, 0.29) is 10.8 Å². The molecule has 0 aliphatic carbocycles. The first-order valence-corrected chi connectivity index (χ1v) is 9.67. The predicted molar refractivity (Wildman–Crippen MR) is 95.3 cm³/mol. The van der Waals surface area contributed by atoms with Gasteiger partial charge in [-0.25, -0.2) is 23.1 Å². The van der Waals surface area contributed by atoms with Crippen LogP contribution in [0.5, 0.6) is 0 Å². The molecule has 0 saturated heterocycles. The number of hydrogen-bond acceptors (Lipinski definition) is 5. The lowest BCUT2D eigenvalue weighted by molar-refractivity contribution is 0.600. The number of hydrogen-bond donors (Lipinski definition) is 1. The number of nitrogens with zero attached hydrogens (tertiary/aromatic N) is 2. The zero-order valence-electron chi connectivity index (χ0n) is 12.7. The van der Waals surface area contributed by atoms with E-state index in [1.165, 1.54) is 18.0 Å². The van der Waals surface area contributed by atoms with Crippen LogP contribution in [0, 0.1) is 0 Å². The molecule has 2 aromatic carbocycles. The SMILES string of the molecule is O=S(=O)(Nc1ncccn1)c1ccc(SCc2ccccc2)cc1. The minimum absolute atomic E-state index is 0.0556. The van der Waals surface area contributed by atoms with Crippen LogP contribution in [0.4, 0.5) is 5.95 Å². The molecule has 0 unspecified atom stereocenters. The van der Waals surface area contributed by atoms with Crippen molar-refractivity contribution in [2.45, 2.75) is 15.5 Å². The molecule has 0 bridgehead atoms. The van der Waals surface area contributed by atoms with E-state index in [4.69, 9.17) is 0 Å². The zero-order chi connectivity index (χ0) is 16.8. The van der Waals surface area contributed by atoms with Crippen LogP contribution in [-0.2, 0) is 15.8 Å². The van der Waals surface area contributed by atoms with Gasteiger partial charge in [0.25, 0.3) is 10.0 Å². The average Bonchev–Trinajstić information content (AvgIpc) is 2.62. The van der Waals surface area contributed by atoms with Crippen LogP contribution in [0.2, 0.25) is 0 Å². The first-order valence-electron chi connectivity index (χ1n) is 7.20. The van der Waals surface area contributed by atoms with Crippen molar-refractivity contribution in [1.82, 2.24) is 9.97 Å². The molecule has 0 aliphatic rings. The van der Waals surface area contributed by atoms with Gasteiger partial charge in [-0.2, -0.15) is 0 Å².